The van der Waals surface area contributed by atoms with Gasteiger partial charge >= 0.3 is 0 Å². The van der Waals surface area contributed by atoms with Crippen molar-refractivity contribution in [2.24, 2.45) is 0 Å². The number of ether oxygens (including phenoxy) is 1. The Morgan fingerprint density at radius 2 is 1.85 bits per heavy atom. The van der Waals surface area contributed by atoms with Crippen LogP contribution in [0, 0.1) is 13.8 Å². The third-order valence-electron chi connectivity index (χ3n) is 7.73. The standard InChI is InChI=1S/C30H38N6O2S/c1-22-21-25(23(2)35(22)15-8-14-34-17-19-38-20-18-34)29-28(26-11-6-7-13-31-26)33-30(39)36(29)16-12-27(37)32-24-9-4-3-5-10-24/h3-7,9-11,13,21,28-29H,8,12,14-20H2,1-2H3,(H,32,37)(H,33,39)/t28-,29-/m1/s1. The molecule has 8 nitrogen and oxygen atoms in total. The number of hydrogen-bond donors (Lipinski definition) is 2. The van der Waals surface area contributed by atoms with E-state index in [1.165, 1.54) is 17.0 Å². The molecule has 5 rings (SSSR count). The van der Waals surface area contributed by atoms with Crippen LogP contribution in [0.4, 0.5) is 5.69 Å². The van der Waals surface area contributed by atoms with E-state index in [9.17, 15) is 4.79 Å². The van der Waals surface area contributed by atoms with E-state index in [0.29, 0.717) is 18.1 Å². The average molecular weight is 547 g/mol. The Bertz CT molecular complexity index is 1260. The quantitative estimate of drug-likeness (QED) is 0.369. The molecule has 2 aliphatic rings. The number of nitrogens with one attached hydrogen (secondary N) is 2. The smallest absolute Gasteiger partial charge is 0.226 e. The second kappa shape index (κ2) is 12.7. The van der Waals surface area contributed by atoms with Crippen LogP contribution in [0.15, 0.2) is 60.8 Å². The summed E-state index contributed by atoms with van der Waals surface area (Å²) < 4.78 is 7.92. The van der Waals surface area contributed by atoms with Crippen molar-refractivity contribution in [3.8, 4) is 0 Å². The zero-order valence-electron chi connectivity index (χ0n) is 22.8. The fraction of sp³-hybridized carbons (Fsp3) is 0.433. The largest absolute Gasteiger partial charge is 0.379 e. The third-order valence-corrected chi connectivity index (χ3v) is 8.08. The van der Waals surface area contributed by atoms with Crippen LogP contribution in [0.1, 0.15) is 47.6 Å². The van der Waals surface area contributed by atoms with Gasteiger partial charge in [-0.05, 0) is 68.4 Å². The number of benzene rings is 1. The van der Waals surface area contributed by atoms with E-state index in [4.69, 9.17) is 17.0 Å². The van der Waals surface area contributed by atoms with Crippen LogP contribution in [0.2, 0.25) is 0 Å². The summed E-state index contributed by atoms with van der Waals surface area (Å²) in [7, 11) is 0. The lowest BCUT2D eigenvalue weighted by Gasteiger charge is -2.28. The number of carbonyl (C=O) groups excluding carboxylic acids is 1. The maximum atomic E-state index is 12.8. The highest BCUT2D eigenvalue weighted by Crippen LogP contribution is 2.41. The number of morpholine rings is 1. The Balaban J connectivity index is 1.34. The van der Waals surface area contributed by atoms with Crippen LogP contribution in [0.5, 0.6) is 0 Å². The second-order valence-corrected chi connectivity index (χ2v) is 10.7. The normalized spacial score (nSPS) is 19.7. The number of aryl methyl sites for hydroxylation is 1. The van der Waals surface area contributed by atoms with E-state index in [2.05, 4.69) is 49.9 Å². The van der Waals surface area contributed by atoms with Crippen molar-refractivity contribution in [1.29, 1.82) is 0 Å². The Hall–Kier alpha value is -3.27. The molecule has 2 aliphatic heterocycles. The molecule has 3 aromatic rings. The second-order valence-electron chi connectivity index (χ2n) is 10.3. The Kier molecular flexibility index (Phi) is 8.91. The molecule has 0 aliphatic carbocycles. The van der Waals surface area contributed by atoms with E-state index in [0.717, 1.165) is 57.2 Å². The van der Waals surface area contributed by atoms with Crippen molar-refractivity contribution in [3.63, 3.8) is 0 Å². The van der Waals surface area contributed by atoms with Gasteiger partial charge in [-0.2, -0.15) is 0 Å². The molecule has 0 unspecified atom stereocenters. The molecule has 0 spiro atoms. The summed E-state index contributed by atoms with van der Waals surface area (Å²) >= 11 is 5.83. The fourth-order valence-electron chi connectivity index (χ4n) is 5.70. The number of rotatable bonds is 10. The molecule has 206 valence electrons. The lowest BCUT2D eigenvalue weighted by Crippen LogP contribution is -2.37. The summed E-state index contributed by atoms with van der Waals surface area (Å²) in [5.41, 5.74) is 5.45. The number of anilines is 1. The van der Waals surface area contributed by atoms with E-state index in [1.807, 2.05) is 54.7 Å². The van der Waals surface area contributed by atoms with Gasteiger partial charge < -0.3 is 24.8 Å². The number of carbonyl (C=O) groups is 1. The number of amides is 1. The number of nitrogens with zero attached hydrogens (tertiary/aromatic N) is 4. The van der Waals surface area contributed by atoms with Gasteiger partial charge in [-0.3, -0.25) is 14.7 Å². The molecule has 2 N–H and O–H groups in total. The molecular weight excluding hydrogens is 508 g/mol. The summed E-state index contributed by atoms with van der Waals surface area (Å²) in [5, 5.41) is 7.17. The third kappa shape index (κ3) is 6.49. The van der Waals surface area contributed by atoms with Crippen LogP contribution in [0.25, 0.3) is 0 Å². The maximum Gasteiger partial charge on any atom is 0.226 e. The summed E-state index contributed by atoms with van der Waals surface area (Å²) in [6.45, 7) is 10.6. The van der Waals surface area contributed by atoms with Gasteiger partial charge in [-0.15, -0.1) is 0 Å². The van der Waals surface area contributed by atoms with Crippen molar-refractivity contribution >= 4 is 28.9 Å². The molecule has 0 bridgehead atoms. The van der Waals surface area contributed by atoms with Crippen LogP contribution in [-0.2, 0) is 16.1 Å². The molecule has 0 saturated carbocycles. The molecule has 1 aromatic carbocycles. The minimum Gasteiger partial charge on any atom is -0.379 e. The first-order valence-electron chi connectivity index (χ1n) is 13.8. The van der Waals surface area contributed by atoms with Crippen molar-refractivity contribution in [1.82, 2.24) is 24.7 Å². The van der Waals surface area contributed by atoms with Crippen LogP contribution in [0.3, 0.4) is 0 Å². The summed E-state index contributed by atoms with van der Waals surface area (Å²) in [6, 6.07) is 17.7. The molecule has 9 heteroatoms. The zero-order chi connectivity index (χ0) is 27.2. The van der Waals surface area contributed by atoms with Crippen molar-refractivity contribution in [2.75, 3.05) is 44.7 Å². The highest BCUT2D eigenvalue weighted by molar-refractivity contribution is 7.80. The maximum absolute atomic E-state index is 12.8. The molecule has 0 radical (unpaired) electrons. The Morgan fingerprint density at radius 1 is 1.08 bits per heavy atom. The number of thiocarbonyl (C=S) groups is 1. The molecule has 39 heavy (non-hydrogen) atoms. The zero-order valence-corrected chi connectivity index (χ0v) is 23.6. The van der Waals surface area contributed by atoms with E-state index in [1.54, 1.807) is 0 Å². The molecule has 2 atom stereocenters. The van der Waals surface area contributed by atoms with Crippen molar-refractivity contribution in [3.05, 3.63) is 83.4 Å². The van der Waals surface area contributed by atoms with Gasteiger partial charge in [-0.1, -0.05) is 24.3 Å². The topological polar surface area (TPSA) is 74.7 Å². The molecule has 2 fully saturated rings. The van der Waals surface area contributed by atoms with E-state index >= 15 is 0 Å². The van der Waals surface area contributed by atoms with Crippen LogP contribution in [-0.4, -0.2) is 69.8 Å². The van der Waals surface area contributed by atoms with Crippen LogP contribution < -0.4 is 10.6 Å². The van der Waals surface area contributed by atoms with Gasteiger partial charge in [-0.25, -0.2) is 0 Å². The first kappa shape index (κ1) is 27.3. The summed E-state index contributed by atoms with van der Waals surface area (Å²) in [6.07, 6.45) is 3.24. The first-order chi connectivity index (χ1) is 19.0. The molecule has 1 amide bonds. The van der Waals surface area contributed by atoms with Gasteiger partial charge in [0, 0.05) is 62.4 Å². The molecule has 2 aromatic heterocycles. The van der Waals surface area contributed by atoms with Gasteiger partial charge in [0.2, 0.25) is 5.91 Å². The van der Waals surface area contributed by atoms with Crippen molar-refractivity contribution < 1.29 is 9.53 Å². The highest BCUT2D eigenvalue weighted by atomic mass is 32.1. The number of pyridine rings is 1. The molecule has 2 saturated heterocycles. The Labute approximate surface area is 236 Å². The van der Waals surface area contributed by atoms with Gasteiger partial charge in [0.25, 0.3) is 0 Å². The number of para-hydroxylation sites is 1. The monoisotopic (exact) mass is 546 g/mol. The van der Waals surface area contributed by atoms with Crippen molar-refractivity contribution in [2.45, 2.75) is 45.3 Å². The predicted octanol–water partition coefficient (Wildman–Crippen LogP) is 4.22. The Morgan fingerprint density at radius 3 is 2.59 bits per heavy atom. The lowest BCUT2D eigenvalue weighted by atomic mass is 9.96. The number of hydrogen-bond acceptors (Lipinski definition) is 5. The lowest BCUT2D eigenvalue weighted by molar-refractivity contribution is -0.116. The number of aromatic nitrogens is 2. The minimum atomic E-state index is -0.0989. The summed E-state index contributed by atoms with van der Waals surface area (Å²) in [5.74, 6) is -0.0300. The van der Waals surface area contributed by atoms with Crippen LogP contribution >= 0.6 is 12.2 Å². The SMILES string of the molecule is Cc1cc([C@@H]2[C@@H](c3ccccn3)NC(=S)N2CCC(=O)Nc2ccccc2)c(C)n1CCCN1CCOCC1. The molecular formula is C30H38N6O2S. The molecule has 4 heterocycles. The van der Waals surface area contributed by atoms with Gasteiger partial charge in [0.15, 0.2) is 5.11 Å². The summed E-state index contributed by atoms with van der Waals surface area (Å²) in [4.78, 5) is 22.1. The van der Waals surface area contributed by atoms with Gasteiger partial charge in [0.05, 0.1) is 31.0 Å². The minimum absolute atomic E-state index is 0.0300. The first-order valence-corrected chi connectivity index (χ1v) is 14.2. The highest BCUT2D eigenvalue weighted by Gasteiger charge is 2.41. The average Bonchev–Trinajstić information content (AvgIpc) is 3.43. The predicted molar refractivity (Wildman–Crippen MR) is 158 cm³/mol. The van der Waals surface area contributed by atoms with E-state index < -0.39 is 0 Å². The van der Waals surface area contributed by atoms with E-state index in [-0.39, 0.29) is 18.0 Å². The van der Waals surface area contributed by atoms with Gasteiger partial charge in [0.1, 0.15) is 0 Å². The fourth-order valence-corrected chi connectivity index (χ4v) is 6.03.